The highest BCUT2D eigenvalue weighted by atomic mass is 19.4. The van der Waals surface area contributed by atoms with E-state index in [9.17, 15) is 18.0 Å². The number of ketones is 1. The molecule has 1 rings (SSSR count). The van der Waals surface area contributed by atoms with Gasteiger partial charge in [0.2, 0.25) is 0 Å². The molecule has 0 fully saturated rings. The summed E-state index contributed by atoms with van der Waals surface area (Å²) in [6.45, 7) is 1.47. The Morgan fingerprint density at radius 2 is 1.77 bits per heavy atom. The Bertz CT molecular complexity index is 328. The van der Waals surface area contributed by atoms with Gasteiger partial charge in [-0.05, 0) is 12.5 Å². The molecule has 1 aromatic carbocycles. The zero-order chi connectivity index (χ0) is 10.1. The Hall–Kier alpha value is -1.32. The summed E-state index contributed by atoms with van der Waals surface area (Å²) in [4.78, 5) is 10.8. The lowest BCUT2D eigenvalue weighted by molar-refractivity contribution is -0.0885. The number of carbonyl (C=O) groups excluding carboxylic acids is 1. The SMILES string of the molecule is Cc1ccccc1C(=O)C(F)(F)F. The first-order valence-electron chi connectivity index (χ1n) is 3.60. The monoisotopic (exact) mass is 188 g/mol. The Kier molecular flexibility index (Phi) is 2.40. The highest BCUT2D eigenvalue weighted by Crippen LogP contribution is 2.22. The van der Waals surface area contributed by atoms with Crippen LogP contribution >= 0.6 is 0 Å². The van der Waals surface area contributed by atoms with Crippen LogP contribution in [0, 0.1) is 6.92 Å². The molecule has 0 spiro atoms. The zero-order valence-corrected chi connectivity index (χ0v) is 6.85. The van der Waals surface area contributed by atoms with Gasteiger partial charge in [0.25, 0.3) is 5.78 Å². The van der Waals surface area contributed by atoms with Crippen LogP contribution in [0.15, 0.2) is 24.3 Å². The third-order valence-corrected chi connectivity index (χ3v) is 1.65. The molecule has 0 atom stereocenters. The second kappa shape index (κ2) is 3.20. The summed E-state index contributed by atoms with van der Waals surface area (Å²) >= 11 is 0. The molecule has 1 aromatic rings. The van der Waals surface area contributed by atoms with Crippen molar-refractivity contribution in [3.8, 4) is 0 Å². The van der Waals surface area contributed by atoms with Crippen molar-refractivity contribution in [3.63, 3.8) is 0 Å². The molecule has 0 N–H and O–H groups in total. The summed E-state index contributed by atoms with van der Waals surface area (Å²) in [5.74, 6) is -1.79. The highest BCUT2D eigenvalue weighted by molar-refractivity contribution is 6.01. The fraction of sp³-hybridized carbons (Fsp3) is 0.222. The fourth-order valence-electron chi connectivity index (χ4n) is 0.980. The second-order valence-electron chi connectivity index (χ2n) is 2.64. The van der Waals surface area contributed by atoms with Crippen molar-refractivity contribution in [2.75, 3.05) is 0 Å². The number of carbonyl (C=O) groups is 1. The van der Waals surface area contributed by atoms with Gasteiger partial charge in [-0.3, -0.25) is 4.79 Å². The normalized spacial score (nSPS) is 11.4. The van der Waals surface area contributed by atoms with Crippen molar-refractivity contribution in [2.45, 2.75) is 13.1 Å². The van der Waals surface area contributed by atoms with E-state index in [1.54, 1.807) is 6.07 Å². The summed E-state index contributed by atoms with van der Waals surface area (Å²) < 4.78 is 35.9. The number of benzene rings is 1. The molecular weight excluding hydrogens is 181 g/mol. The third kappa shape index (κ3) is 2.08. The maximum absolute atomic E-state index is 12.0. The summed E-state index contributed by atoms with van der Waals surface area (Å²) in [5, 5.41) is 0. The molecule has 70 valence electrons. The minimum absolute atomic E-state index is 0.282. The highest BCUT2D eigenvalue weighted by Gasteiger charge is 2.39. The number of halogens is 3. The van der Waals surface area contributed by atoms with Crippen molar-refractivity contribution >= 4 is 5.78 Å². The zero-order valence-electron chi connectivity index (χ0n) is 6.85. The molecule has 0 unspecified atom stereocenters. The fourth-order valence-corrected chi connectivity index (χ4v) is 0.980. The van der Waals surface area contributed by atoms with E-state index in [4.69, 9.17) is 0 Å². The topological polar surface area (TPSA) is 17.1 Å². The molecule has 0 saturated carbocycles. The van der Waals surface area contributed by atoms with E-state index in [0.717, 1.165) is 0 Å². The molecule has 0 amide bonds. The van der Waals surface area contributed by atoms with Gasteiger partial charge in [0.15, 0.2) is 0 Å². The van der Waals surface area contributed by atoms with Crippen LogP contribution in [-0.2, 0) is 0 Å². The van der Waals surface area contributed by atoms with Crippen molar-refractivity contribution in [1.82, 2.24) is 0 Å². The summed E-state index contributed by atoms with van der Waals surface area (Å²) in [6, 6.07) is 5.64. The summed E-state index contributed by atoms with van der Waals surface area (Å²) in [6.07, 6.45) is -4.79. The van der Waals surface area contributed by atoms with Crippen molar-refractivity contribution < 1.29 is 18.0 Å². The minimum atomic E-state index is -4.79. The average molecular weight is 188 g/mol. The molecular formula is C9H7F3O. The van der Waals surface area contributed by atoms with Gasteiger partial charge in [0.05, 0.1) is 0 Å². The largest absolute Gasteiger partial charge is 0.454 e. The quantitative estimate of drug-likeness (QED) is 0.619. The number of rotatable bonds is 1. The van der Waals surface area contributed by atoms with E-state index in [0.29, 0.717) is 5.56 Å². The molecule has 0 radical (unpaired) electrons. The van der Waals surface area contributed by atoms with Gasteiger partial charge in [0.1, 0.15) is 0 Å². The molecule has 0 saturated heterocycles. The van der Waals surface area contributed by atoms with Gasteiger partial charge >= 0.3 is 6.18 Å². The van der Waals surface area contributed by atoms with Crippen LogP contribution in [-0.4, -0.2) is 12.0 Å². The second-order valence-corrected chi connectivity index (χ2v) is 2.64. The third-order valence-electron chi connectivity index (χ3n) is 1.65. The van der Waals surface area contributed by atoms with Crippen LogP contribution in [0.3, 0.4) is 0 Å². The van der Waals surface area contributed by atoms with Gasteiger partial charge in [-0.1, -0.05) is 24.3 Å². The molecule has 4 heteroatoms. The number of hydrogen-bond acceptors (Lipinski definition) is 1. The van der Waals surface area contributed by atoms with Gasteiger partial charge < -0.3 is 0 Å². The van der Waals surface area contributed by atoms with E-state index in [1.807, 2.05) is 0 Å². The first-order valence-corrected chi connectivity index (χ1v) is 3.60. The molecule has 0 bridgehead atoms. The number of Topliss-reactive ketones (excluding diaryl/α,β-unsaturated/α-hetero) is 1. The van der Waals surface area contributed by atoms with Gasteiger partial charge in [-0.15, -0.1) is 0 Å². The van der Waals surface area contributed by atoms with Crippen LogP contribution in [0.5, 0.6) is 0 Å². The molecule has 0 heterocycles. The predicted molar refractivity (Wildman–Crippen MR) is 41.6 cm³/mol. The Balaban J connectivity index is 3.10. The van der Waals surface area contributed by atoms with Gasteiger partial charge in [0, 0.05) is 5.56 Å². The smallest absolute Gasteiger partial charge is 0.284 e. The van der Waals surface area contributed by atoms with Crippen LogP contribution in [0.2, 0.25) is 0 Å². The van der Waals surface area contributed by atoms with Gasteiger partial charge in [-0.25, -0.2) is 0 Å². The lowest BCUT2D eigenvalue weighted by Crippen LogP contribution is -2.23. The van der Waals surface area contributed by atoms with Crippen LogP contribution in [0.25, 0.3) is 0 Å². The molecule has 0 aliphatic carbocycles. The van der Waals surface area contributed by atoms with E-state index < -0.39 is 12.0 Å². The summed E-state index contributed by atoms with van der Waals surface area (Å²) in [7, 11) is 0. The van der Waals surface area contributed by atoms with Crippen LogP contribution in [0.4, 0.5) is 13.2 Å². The molecule has 13 heavy (non-hydrogen) atoms. The lowest BCUT2D eigenvalue weighted by Gasteiger charge is -2.06. The summed E-state index contributed by atoms with van der Waals surface area (Å²) in [5.41, 5.74) is 0.0554. The lowest BCUT2D eigenvalue weighted by atomic mass is 10.1. The molecule has 0 aliphatic rings. The Morgan fingerprint density at radius 3 is 2.23 bits per heavy atom. The average Bonchev–Trinajstić information content (AvgIpc) is 2.02. The van der Waals surface area contributed by atoms with E-state index >= 15 is 0 Å². The Labute approximate surface area is 73.2 Å². The van der Waals surface area contributed by atoms with Crippen molar-refractivity contribution in [1.29, 1.82) is 0 Å². The number of hydrogen-bond donors (Lipinski definition) is 0. The van der Waals surface area contributed by atoms with Gasteiger partial charge in [-0.2, -0.15) is 13.2 Å². The Morgan fingerprint density at radius 1 is 1.23 bits per heavy atom. The van der Waals surface area contributed by atoms with E-state index in [-0.39, 0.29) is 5.56 Å². The van der Waals surface area contributed by atoms with Crippen LogP contribution < -0.4 is 0 Å². The molecule has 1 nitrogen and oxygen atoms in total. The maximum Gasteiger partial charge on any atom is 0.454 e. The molecule has 0 aromatic heterocycles. The number of alkyl halides is 3. The number of aryl methyl sites for hydroxylation is 1. The first kappa shape index (κ1) is 9.77. The standard InChI is InChI=1S/C9H7F3O/c1-6-4-2-3-5-7(6)8(13)9(10,11)12/h2-5H,1H3. The van der Waals surface area contributed by atoms with E-state index in [1.165, 1.54) is 25.1 Å². The van der Waals surface area contributed by atoms with Crippen molar-refractivity contribution in [2.24, 2.45) is 0 Å². The van der Waals surface area contributed by atoms with Crippen molar-refractivity contribution in [3.05, 3.63) is 35.4 Å². The minimum Gasteiger partial charge on any atom is -0.284 e. The first-order chi connectivity index (χ1) is 5.93. The molecule has 0 aliphatic heterocycles. The predicted octanol–water partition coefficient (Wildman–Crippen LogP) is 2.74. The van der Waals surface area contributed by atoms with Crippen LogP contribution in [0.1, 0.15) is 15.9 Å². The van der Waals surface area contributed by atoms with E-state index in [2.05, 4.69) is 0 Å². The maximum atomic E-state index is 12.0.